The van der Waals surface area contributed by atoms with Crippen molar-refractivity contribution < 1.29 is 37.2 Å². The number of benzene rings is 1. The van der Waals surface area contributed by atoms with Gasteiger partial charge in [-0.3, -0.25) is 9.35 Å². The molecule has 32 heavy (non-hydrogen) atoms. The van der Waals surface area contributed by atoms with Crippen molar-refractivity contribution in [2.75, 3.05) is 5.75 Å². The van der Waals surface area contributed by atoms with Crippen LogP contribution in [0.3, 0.4) is 0 Å². The molecule has 1 aromatic rings. The maximum atomic E-state index is 11.6. The average Bonchev–Trinajstić information content (AvgIpc) is 2.68. The molecular formula is C22H29NO8S. The van der Waals surface area contributed by atoms with Crippen LogP contribution in [0.5, 0.6) is 0 Å². The molecule has 1 rings (SSSR count). The fraction of sp³-hybridized carbons (Fsp3) is 0.318. The molecule has 0 fully saturated rings. The van der Waals surface area contributed by atoms with E-state index in [0.717, 1.165) is 11.6 Å². The van der Waals surface area contributed by atoms with Crippen molar-refractivity contribution in [3.8, 4) is 0 Å². The summed E-state index contributed by atoms with van der Waals surface area (Å²) in [4.78, 5) is 33.0. The predicted molar refractivity (Wildman–Crippen MR) is 120 cm³/mol. The predicted octanol–water partition coefficient (Wildman–Crippen LogP) is 2.66. The first-order valence-corrected chi connectivity index (χ1v) is 11.0. The zero-order valence-corrected chi connectivity index (χ0v) is 19.1. The number of esters is 1. The number of carbonyl (C=O) groups excluding carboxylic acids is 2. The van der Waals surface area contributed by atoms with E-state index in [1.165, 1.54) is 26.8 Å². The summed E-state index contributed by atoms with van der Waals surface area (Å²) in [7, 11) is -4.08. The molecule has 3 N–H and O–H groups in total. The van der Waals surface area contributed by atoms with Crippen LogP contribution >= 0.6 is 0 Å². The zero-order valence-electron chi connectivity index (χ0n) is 18.3. The summed E-state index contributed by atoms with van der Waals surface area (Å²) < 4.78 is 34.6. The highest BCUT2D eigenvalue weighted by Crippen LogP contribution is 2.08. The zero-order chi connectivity index (χ0) is 24.9. The van der Waals surface area contributed by atoms with Crippen molar-refractivity contribution in [3.05, 3.63) is 72.4 Å². The lowest BCUT2D eigenvalue weighted by atomic mass is 10.1. The third-order valence-electron chi connectivity index (χ3n) is 3.68. The molecule has 0 saturated heterocycles. The first kappa shape index (κ1) is 28.8. The van der Waals surface area contributed by atoms with Crippen LogP contribution in [0.25, 0.3) is 0 Å². The normalized spacial score (nSPS) is 11.4. The first-order valence-electron chi connectivity index (χ1n) is 9.35. The van der Waals surface area contributed by atoms with Crippen LogP contribution < -0.4 is 5.32 Å². The summed E-state index contributed by atoms with van der Waals surface area (Å²) in [6, 6.07) is 9.30. The van der Waals surface area contributed by atoms with E-state index >= 15 is 0 Å². The highest BCUT2D eigenvalue weighted by molar-refractivity contribution is 7.85. The van der Waals surface area contributed by atoms with Gasteiger partial charge in [0.05, 0.1) is 11.3 Å². The highest BCUT2D eigenvalue weighted by Gasteiger charge is 2.25. The number of nitrogens with one attached hydrogen (secondary N) is 1. The lowest BCUT2D eigenvalue weighted by Gasteiger charge is -2.23. The number of carbonyl (C=O) groups is 3. The minimum Gasteiger partial charge on any atom is -0.478 e. The van der Waals surface area contributed by atoms with Gasteiger partial charge in [-0.25, -0.2) is 9.59 Å². The molecule has 10 heteroatoms. The van der Waals surface area contributed by atoms with Gasteiger partial charge in [0.1, 0.15) is 6.61 Å². The maximum Gasteiger partial charge on any atom is 0.334 e. The van der Waals surface area contributed by atoms with Gasteiger partial charge in [-0.2, -0.15) is 8.42 Å². The van der Waals surface area contributed by atoms with Crippen LogP contribution in [0.2, 0.25) is 0 Å². The van der Waals surface area contributed by atoms with E-state index in [2.05, 4.69) is 18.5 Å². The van der Waals surface area contributed by atoms with E-state index in [0.29, 0.717) is 0 Å². The van der Waals surface area contributed by atoms with E-state index in [9.17, 15) is 22.8 Å². The molecule has 176 valence electrons. The number of hydrogen-bond donors (Lipinski definition) is 3. The number of amides is 1. The lowest BCUT2D eigenvalue weighted by Crippen LogP contribution is -2.47. The first-order chi connectivity index (χ1) is 14.7. The van der Waals surface area contributed by atoms with Gasteiger partial charge in [0.15, 0.2) is 0 Å². The Morgan fingerprint density at radius 3 is 2.22 bits per heavy atom. The number of aliphatic carboxylic acids is 1. The smallest absolute Gasteiger partial charge is 0.334 e. The number of carboxylic acids is 1. The van der Waals surface area contributed by atoms with E-state index < -0.39 is 39.3 Å². The van der Waals surface area contributed by atoms with Crippen LogP contribution in [-0.2, 0) is 35.8 Å². The molecule has 0 atom stereocenters. The molecule has 0 unspecified atom stereocenters. The summed E-state index contributed by atoms with van der Waals surface area (Å²) in [5, 5.41) is 11.0. The Hall–Kier alpha value is -3.24. The third kappa shape index (κ3) is 13.9. The van der Waals surface area contributed by atoms with Crippen molar-refractivity contribution in [2.24, 2.45) is 0 Å². The summed E-state index contributed by atoms with van der Waals surface area (Å²) >= 11 is 0. The Labute approximate surface area is 188 Å². The van der Waals surface area contributed by atoms with Crippen LogP contribution in [-0.4, -0.2) is 47.2 Å². The molecule has 0 radical (unpaired) electrons. The van der Waals surface area contributed by atoms with Gasteiger partial charge in [0, 0.05) is 11.1 Å². The van der Waals surface area contributed by atoms with Gasteiger partial charge < -0.3 is 15.2 Å². The molecule has 0 heterocycles. The molecule has 1 aromatic carbocycles. The molecular weight excluding hydrogens is 438 g/mol. The second kappa shape index (κ2) is 13.2. The van der Waals surface area contributed by atoms with Gasteiger partial charge in [0.25, 0.3) is 10.1 Å². The third-order valence-corrected chi connectivity index (χ3v) is 4.77. The molecule has 0 spiro atoms. The van der Waals surface area contributed by atoms with Crippen LogP contribution in [0.1, 0.15) is 32.8 Å². The largest absolute Gasteiger partial charge is 0.478 e. The van der Waals surface area contributed by atoms with Crippen molar-refractivity contribution in [1.29, 1.82) is 0 Å². The standard InChI is InChI=1S/C15H16O4.C7H13NO4S/c1-11(14(16)17)8-9-12(2)15(18)19-10-13-6-4-3-5-7-13;1-4-6(9)8-7(2,3)5-13(10,11)12/h3-8H,2,9-10H2,1H3,(H,16,17);4H,1,5H2,2-3H3,(H,8,9)(H,10,11,12). The van der Waals surface area contributed by atoms with Crippen molar-refractivity contribution in [1.82, 2.24) is 5.32 Å². The number of carboxylic acid groups (broad SMARTS) is 1. The highest BCUT2D eigenvalue weighted by atomic mass is 32.2. The van der Waals surface area contributed by atoms with Crippen LogP contribution in [0, 0.1) is 0 Å². The lowest BCUT2D eigenvalue weighted by molar-refractivity contribution is -0.140. The summed E-state index contributed by atoms with van der Waals surface area (Å²) in [6.07, 6.45) is 2.64. The molecule has 0 aliphatic carbocycles. The van der Waals surface area contributed by atoms with Crippen molar-refractivity contribution >= 4 is 28.0 Å². The molecule has 9 nitrogen and oxygen atoms in total. The number of allylic oxidation sites excluding steroid dienone is 1. The summed E-state index contributed by atoms with van der Waals surface area (Å²) in [5.74, 6) is -2.53. The molecule has 0 aliphatic rings. The summed E-state index contributed by atoms with van der Waals surface area (Å²) in [6.45, 7) is 11.4. The second-order valence-corrected chi connectivity index (χ2v) is 8.82. The molecule has 0 saturated carbocycles. The summed E-state index contributed by atoms with van der Waals surface area (Å²) in [5.41, 5.74) is 0.299. The van der Waals surface area contributed by atoms with E-state index in [1.807, 2.05) is 30.3 Å². The van der Waals surface area contributed by atoms with Crippen LogP contribution in [0.15, 0.2) is 66.8 Å². The van der Waals surface area contributed by atoms with E-state index in [4.69, 9.17) is 14.4 Å². The maximum absolute atomic E-state index is 11.6. The second-order valence-electron chi connectivity index (χ2n) is 7.37. The quantitative estimate of drug-likeness (QED) is 0.270. The minimum absolute atomic E-state index is 0.172. The number of ether oxygens (including phenoxy) is 1. The Bertz CT molecular complexity index is 963. The van der Waals surface area contributed by atoms with Gasteiger partial charge in [-0.1, -0.05) is 49.6 Å². The molecule has 0 aliphatic heterocycles. The van der Waals surface area contributed by atoms with Gasteiger partial charge in [0.2, 0.25) is 5.91 Å². The monoisotopic (exact) mass is 467 g/mol. The van der Waals surface area contributed by atoms with Gasteiger partial charge in [-0.15, -0.1) is 0 Å². The van der Waals surface area contributed by atoms with Crippen LogP contribution in [0.4, 0.5) is 0 Å². The van der Waals surface area contributed by atoms with E-state index in [1.54, 1.807) is 0 Å². The minimum atomic E-state index is -4.08. The van der Waals surface area contributed by atoms with Crippen molar-refractivity contribution in [3.63, 3.8) is 0 Å². The fourth-order valence-corrected chi connectivity index (χ4v) is 3.13. The Morgan fingerprint density at radius 1 is 1.19 bits per heavy atom. The molecule has 1 amide bonds. The Kier molecular flexibility index (Phi) is 11.9. The van der Waals surface area contributed by atoms with Gasteiger partial charge >= 0.3 is 11.9 Å². The topological polar surface area (TPSA) is 147 Å². The van der Waals surface area contributed by atoms with Gasteiger partial charge in [-0.05, 0) is 38.8 Å². The SMILES string of the molecule is C=C(CC=C(C)C(=O)O)C(=O)OCc1ccccc1.C=CC(=O)NC(C)(C)CS(=O)(=O)O. The van der Waals surface area contributed by atoms with Crippen molar-refractivity contribution in [2.45, 2.75) is 39.3 Å². The van der Waals surface area contributed by atoms with E-state index in [-0.39, 0.29) is 24.2 Å². The fourth-order valence-electron chi connectivity index (χ4n) is 2.15. The number of rotatable bonds is 10. The average molecular weight is 468 g/mol. The molecule has 0 bridgehead atoms. The Balaban J connectivity index is 0.000000649. The Morgan fingerprint density at radius 2 is 1.75 bits per heavy atom. The number of hydrogen-bond acceptors (Lipinski definition) is 6. The molecule has 0 aromatic heterocycles.